The number of aliphatic carboxylic acids is 1. The number of urea groups is 1. The number of carbonyl (C=O) groups excluding carboxylic acids is 1. The molecular weight excluding hydrogens is 244 g/mol. The molecule has 0 aliphatic heterocycles. The number of carboxylic acid groups (broad SMARTS) is 1. The Morgan fingerprint density at radius 3 is 2.16 bits per heavy atom. The van der Waals surface area contributed by atoms with E-state index in [2.05, 4.69) is 5.32 Å². The van der Waals surface area contributed by atoms with Crippen LogP contribution in [0, 0.1) is 0 Å². The Labute approximate surface area is 114 Å². The monoisotopic (exact) mass is 268 g/mol. The maximum Gasteiger partial charge on any atom is 0.323 e. The number of nitrogens with zero attached hydrogens (tertiary/aromatic N) is 1. The van der Waals surface area contributed by atoms with Gasteiger partial charge in [-0.3, -0.25) is 4.79 Å². The van der Waals surface area contributed by atoms with Crippen LogP contribution in [0.15, 0.2) is 0 Å². The van der Waals surface area contributed by atoms with E-state index in [1.807, 2.05) is 0 Å². The standard InChI is InChI=1S/C14H24N2O3/c17-13(18)10-16(12-8-4-5-9-12)14(19)15-11-6-2-1-3-7-11/h11-12H,1-10H2,(H,15,19)(H,17,18). The molecular formula is C14H24N2O3. The molecule has 108 valence electrons. The van der Waals surface area contributed by atoms with Crippen molar-refractivity contribution in [3.63, 3.8) is 0 Å². The molecule has 5 heteroatoms. The molecule has 0 heterocycles. The molecule has 0 aromatic heterocycles. The lowest BCUT2D eigenvalue weighted by Gasteiger charge is -2.31. The number of nitrogens with one attached hydrogen (secondary N) is 1. The summed E-state index contributed by atoms with van der Waals surface area (Å²) >= 11 is 0. The molecule has 2 N–H and O–H groups in total. The Morgan fingerprint density at radius 1 is 1.00 bits per heavy atom. The molecule has 0 radical (unpaired) electrons. The first-order chi connectivity index (χ1) is 9.16. The summed E-state index contributed by atoms with van der Waals surface area (Å²) in [5, 5.41) is 12.0. The molecule has 19 heavy (non-hydrogen) atoms. The summed E-state index contributed by atoms with van der Waals surface area (Å²) in [6.07, 6.45) is 9.68. The second-order valence-corrected chi connectivity index (χ2v) is 5.74. The third-order valence-electron chi connectivity index (χ3n) is 4.26. The Morgan fingerprint density at radius 2 is 1.58 bits per heavy atom. The lowest BCUT2D eigenvalue weighted by Crippen LogP contribution is -2.50. The van der Waals surface area contributed by atoms with Crippen LogP contribution < -0.4 is 5.32 Å². The minimum atomic E-state index is -0.925. The van der Waals surface area contributed by atoms with Gasteiger partial charge in [0.15, 0.2) is 0 Å². The summed E-state index contributed by atoms with van der Waals surface area (Å²) in [4.78, 5) is 24.8. The van der Waals surface area contributed by atoms with Gasteiger partial charge in [0, 0.05) is 12.1 Å². The van der Waals surface area contributed by atoms with Gasteiger partial charge in [0.05, 0.1) is 0 Å². The van der Waals surface area contributed by atoms with E-state index in [9.17, 15) is 9.59 Å². The summed E-state index contributed by atoms with van der Waals surface area (Å²) in [5.74, 6) is -0.925. The zero-order valence-corrected chi connectivity index (χ0v) is 11.4. The SMILES string of the molecule is O=C(O)CN(C(=O)NC1CCCCC1)C1CCCC1. The first-order valence-corrected chi connectivity index (χ1v) is 7.46. The highest BCUT2D eigenvalue weighted by molar-refractivity contribution is 5.80. The first-order valence-electron chi connectivity index (χ1n) is 7.46. The quantitative estimate of drug-likeness (QED) is 0.822. The van der Waals surface area contributed by atoms with Gasteiger partial charge >= 0.3 is 12.0 Å². The van der Waals surface area contributed by atoms with E-state index in [1.165, 1.54) is 11.3 Å². The number of amides is 2. The zero-order chi connectivity index (χ0) is 13.7. The number of rotatable bonds is 4. The van der Waals surface area contributed by atoms with Crippen LogP contribution in [0.5, 0.6) is 0 Å². The lowest BCUT2D eigenvalue weighted by atomic mass is 9.96. The third-order valence-corrected chi connectivity index (χ3v) is 4.26. The van der Waals surface area contributed by atoms with E-state index in [4.69, 9.17) is 5.11 Å². The fraction of sp³-hybridized carbons (Fsp3) is 0.857. The van der Waals surface area contributed by atoms with Crippen LogP contribution in [0.4, 0.5) is 4.79 Å². The van der Waals surface area contributed by atoms with Gasteiger partial charge in [0.25, 0.3) is 0 Å². The van der Waals surface area contributed by atoms with Crippen LogP contribution in [-0.2, 0) is 4.79 Å². The zero-order valence-electron chi connectivity index (χ0n) is 11.4. The minimum absolute atomic E-state index is 0.111. The molecule has 0 spiro atoms. The fourth-order valence-corrected chi connectivity index (χ4v) is 3.23. The van der Waals surface area contributed by atoms with E-state index in [0.29, 0.717) is 0 Å². The van der Waals surface area contributed by atoms with Crippen LogP contribution >= 0.6 is 0 Å². The number of hydrogen-bond acceptors (Lipinski definition) is 2. The predicted molar refractivity (Wildman–Crippen MR) is 72.0 cm³/mol. The van der Waals surface area contributed by atoms with Gasteiger partial charge in [0.1, 0.15) is 6.54 Å². The maximum atomic E-state index is 12.3. The topological polar surface area (TPSA) is 69.6 Å². The average molecular weight is 268 g/mol. The summed E-state index contributed by atoms with van der Waals surface area (Å²) in [5.41, 5.74) is 0. The van der Waals surface area contributed by atoms with Crippen molar-refractivity contribution in [1.29, 1.82) is 0 Å². The van der Waals surface area contributed by atoms with Crippen molar-refractivity contribution in [3.8, 4) is 0 Å². The van der Waals surface area contributed by atoms with E-state index in [1.54, 1.807) is 0 Å². The van der Waals surface area contributed by atoms with Gasteiger partial charge in [-0.2, -0.15) is 0 Å². The Hall–Kier alpha value is -1.26. The Bertz CT molecular complexity index is 321. The smallest absolute Gasteiger partial charge is 0.323 e. The highest BCUT2D eigenvalue weighted by Crippen LogP contribution is 2.24. The highest BCUT2D eigenvalue weighted by Gasteiger charge is 2.29. The van der Waals surface area contributed by atoms with Crippen LogP contribution in [0.3, 0.4) is 0 Å². The molecule has 0 saturated heterocycles. The second kappa shape index (κ2) is 6.78. The van der Waals surface area contributed by atoms with E-state index in [0.717, 1.165) is 51.4 Å². The van der Waals surface area contributed by atoms with Gasteiger partial charge in [-0.15, -0.1) is 0 Å². The molecule has 2 fully saturated rings. The summed E-state index contributed by atoms with van der Waals surface area (Å²) < 4.78 is 0. The fourth-order valence-electron chi connectivity index (χ4n) is 3.23. The lowest BCUT2D eigenvalue weighted by molar-refractivity contribution is -0.138. The number of hydrogen-bond donors (Lipinski definition) is 2. The number of carbonyl (C=O) groups is 2. The van der Waals surface area contributed by atoms with Crippen molar-refractivity contribution in [2.24, 2.45) is 0 Å². The van der Waals surface area contributed by atoms with Gasteiger partial charge in [-0.25, -0.2) is 4.79 Å². The molecule has 0 bridgehead atoms. The van der Waals surface area contributed by atoms with E-state index in [-0.39, 0.29) is 24.7 Å². The van der Waals surface area contributed by atoms with Gasteiger partial charge in [-0.1, -0.05) is 32.1 Å². The van der Waals surface area contributed by atoms with Crippen molar-refractivity contribution in [3.05, 3.63) is 0 Å². The Kier molecular flexibility index (Phi) is 5.05. The molecule has 5 nitrogen and oxygen atoms in total. The first kappa shape index (κ1) is 14.2. The summed E-state index contributed by atoms with van der Waals surface area (Å²) in [6.45, 7) is -0.177. The van der Waals surface area contributed by atoms with Crippen molar-refractivity contribution in [1.82, 2.24) is 10.2 Å². The Balaban J connectivity index is 1.91. The third kappa shape index (κ3) is 4.11. The predicted octanol–water partition coefficient (Wildman–Crippen LogP) is 2.36. The van der Waals surface area contributed by atoms with Crippen LogP contribution in [0.1, 0.15) is 57.8 Å². The second-order valence-electron chi connectivity index (χ2n) is 5.74. The highest BCUT2D eigenvalue weighted by atomic mass is 16.4. The van der Waals surface area contributed by atoms with Gasteiger partial charge in [-0.05, 0) is 25.7 Å². The van der Waals surface area contributed by atoms with Crippen LogP contribution in [-0.4, -0.2) is 40.6 Å². The summed E-state index contributed by atoms with van der Waals surface area (Å²) in [7, 11) is 0. The average Bonchev–Trinajstić information content (AvgIpc) is 2.90. The van der Waals surface area contributed by atoms with Crippen molar-refractivity contribution in [2.75, 3.05) is 6.54 Å². The molecule has 2 rings (SSSR count). The van der Waals surface area contributed by atoms with Crippen molar-refractivity contribution >= 4 is 12.0 Å². The molecule has 0 unspecified atom stereocenters. The minimum Gasteiger partial charge on any atom is -0.480 e. The molecule has 0 aromatic rings. The number of carboxylic acids is 1. The molecule has 2 saturated carbocycles. The van der Waals surface area contributed by atoms with Crippen molar-refractivity contribution < 1.29 is 14.7 Å². The normalized spacial score (nSPS) is 21.3. The van der Waals surface area contributed by atoms with Gasteiger partial charge < -0.3 is 15.3 Å². The maximum absolute atomic E-state index is 12.3. The molecule has 2 aliphatic carbocycles. The molecule has 0 aromatic carbocycles. The van der Waals surface area contributed by atoms with Crippen LogP contribution in [0.2, 0.25) is 0 Å². The van der Waals surface area contributed by atoms with Crippen LogP contribution in [0.25, 0.3) is 0 Å². The molecule has 0 atom stereocenters. The van der Waals surface area contributed by atoms with E-state index < -0.39 is 5.97 Å². The largest absolute Gasteiger partial charge is 0.480 e. The van der Waals surface area contributed by atoms with Crippen molar-refractivity contribution in [2.45, 2.75) is 69.9 Å². The molecule has 2 amide bonds. The summed E-state index contributed by atoms with van der Waals surface area (Å²) in [6, 6.07) is 0.167. The molecule has 2 aliphatic rings. The van der Waals surface area contributed by atoms with E-state index >= 15 is 0 Å². The van der Waals surface area contributed by atoms with Gasteiger partial charge in [0.2, 0.25) is 0 Å².